The second kappa shape index (κ2) is 8.46. The number of rotatable bonds is 5. The van der Waals surface area contributed by atoms with E-state index in [0.29, 0.717) is 16.4 Å². The number of benzene rings is 2. The zero-order valence-electron chi connectivity index (χ0n) is 15.3. The van der Waals surface area contributed by atoms with Crippen molar-refractivity contribution in [2.75, 3.05) is 18.9 Å². The van der Waals surface area contributed by atoms with E-state index >= 15 is 0 Å². The van der Waals surface area contributed by atoms with E-state index in [4.69, 9.17) is 23.2 Å². The summed E-state index contributed by atoms with van der Waals surface area (Å²) in [6.45, 7) is 1.58. The molecule has 3 rings (SSSR count). The number of amides is 2. The van der Waals surface area contributed by atoms with Crippen LogP contribution in [0.2, 0.25) is 10.2 Å². The fourth-order valence-electron chi connectivity index (χ4n) is 2.69. The van der Waals surface area contributed by atoms with Crippen molar-refractivity contribution in [2.24, 2.45) is 0 Å². The third kappa shape index (κ3) is 4.35. The normalized spacial score (nSPS) is 10.6. The van der Waals surface area contributed by atoms with Gasteiger partial charge in [0.1, 0.15) is 5.15 Å². The molecule has 6 nitrogen and oxygen atoms in total. The van der Waals surface area contributed by atoms with Crippen LogP contribution in [0.15, 0.2) is 54.6 Å². The van der Waals surface area contributed by atoms with Crippen LogP contribution < -0.4 is 5.32 Å². The Morgan fingerprint density at radius 1 is 1.07 bits per heavy atom. The van der Waals surface area contributed by atoms with Gasteiger partial charge in [0.15, 0.2) is 0 Å². The van der Waals surface area contributed by atoms with Crippen molar-refractivity contribution in [3.05, 3.63) is 76.0 Å². The maximum absolute atomic E-state index is 12.9. The molecule has 3 aromatic rings. The molecule has 8 heteroatoms. The lowest BCUT2D eigenvalue weighted by Crippen LogP contribution is -2.35. The summed E-state index contributed by atoms with van der Waals surface area (Å²) in [6, 6.07) is 16.0. The highest BCUT2D eigenvalue weighted by molar-refractivity contribution is 6.33. The summed E-state index contributed by atoms with van der Waals surface area (Å²) < 4.78 is 1.51. The first-order chi connectivity index (χ1) is 13.4. The van der Waals surface area contributed by atoms with Crippen LogP contribution in [0.25, 0.3) is 5.69 Å². The van der Waals surface area contributed by atoms with Crippen LogP contribution in [0.1, 0.15) is 16.1 Å². The molecule has 0 spiro atoms. The summed E-state index contributed by atoms with van der Waals surface area (Å²) in [5.74, 6) is -0.710. The number of hydrogen-bond donors (Lipinski definition) is 1. The van der Waals surface area contributed by atoms with Gasteiger partial charge in [0.25, 0.3) is 5.91 Å². The van der Waals surface area contributed by atoms with Gasteiger partial charge in [-0.15, -0.1) is 0 Å². The largest absolute Gasteiger partial charge is 0.332 e. The maximum atomic E-state index is 12.9. The van der Waals surface area contributed by atoms with Crippen molar-refractivity contribution in [3.63, 3.8) is 0 Å². The molecular weight excluding hydrogens is 399 g/mol. The first-order valence-electron chi connectivity index (χ1n) is 8.48. The van der Waals surface area contributed by atoms with Crippen LogP contribution in [0.4, 0.5) is 5.69 Å². The molecule has 0 aliphatic heterocycles. The van der Waals surface area contributed by atoms with Crippen LogP contribution >= 0.6 is 23.2 Å². The lowest BCUT2D eigenvalue weighted by atomic mass is 10.2. The number of likely N-dealkylation sites (N-methyl/N-ethyl adjacent to an activating group) is 1. The molecule has 0 aliphatic rings. The molecule has 2 amide bonds. The number of para-hydroxylation sites is 1. The number of halogens is 2. The van der Waals surface area contributed by atoms with E-state index in [9.17, 15) is 9.59 Å². The van der Waals surface area contributed by atoms with E-state index in [2.05, 4.69) is 10.4 Å². The number of nitrogens with one attached hydrogen (secondary N) is 1. The van der Waals surface area contributed by atoms with E-state index in [0.717, 1.165) is 5.69 Å². The van der Waals surface area contributed by atoms with E-state index in [1.165, 1.54) is 9.58 Å². The second-order valence-corrected chi connectivity index (χ2v) is 7.01. The topological polar surface area (TPSA) is 67.2 Å². The van der Waals surface area contributed by atoms with Crippen LogP contribution in [0.3, 0.4) is 0 Å². The highest BCUT2D eigenvalue weighted by atomic mass is 35.5. The molecule has 0 atom stereocenters. The molecular formula is C20H18Cl2N4O2. The first-order valence-corrected chi connectivity index (χ1v) is 9.24. The van der Waals surface area contributed by atoms with E-state index < -0.39 is 0 Å². The number of carbonyl (C=O) groups excluding carboxylic acids is 2. The third-order valence-corrected chi connectivity index (χ3v) is 4.68. The van der Waals surface area contributed by atoms with Gasteiger partial charge in [-0.25, -0.2) is 4.68 Å². The minimum atomic E-state index is -0.379. The second-order valence-electron chi connectivity index (χ2n) is 6.21. The van der Waals surface area contributed by atoms with Crippen molar-refractivity contribution >= 4 is 40.7 Å². The molecule has 0 saturated carbocycles. The quantitative estimate of drug-likeness (QED) is 0.677. The van der Waals surface area contributed by atoms with Gasteiger partial charge < -0.3 is 10.2 Å². The molecule has 28 heavy (non-hydrogen) atoms. The zero-order valence-corrected chi connectivity index (χ0v) is 16.8. The van der Waals surface area contributed by atoms with Crippen LogP contribution in [0, 0.1) is 6.92 Å². The van der Waals surface area contributed by atoms with Crippen LogP contribution in [-0.2, 0) is 4.79 Å². The summed E-state index contributed by atoms with van der Waals surface area (Å²) in [6.07, 6.45) is 0. The van der Waals surface area contributed by atoms with Gasteiger partial charge in [0.2, 0.25) is 5.91 Å². The molecule has 1 aromatic heterocycles. The highest BCUT2D eigenvalue weighted by Crippen LogP contribution is 2.24. The average molecular weight is 417 g/mol. The number of nitrogens with zero attached hydrogens (tertiary/aromatic N) is 3. The Morgan fingerprint density at radius 2 is 1.71 bits per heavy atom. The summed E-state index contributed by atoms with van der Waals surface area (Å²) in [5, 5.41) is 7.87. The number of carbonyl (C=O) groups is 2. The van der Waals surface area contributed by atoms with Crippen molar-refractivity contribution in [1.82, 2.24) is 14.7 Å². The van der Waals surface area contributed by atoms with Crippen molar-refractivity contribution in [3.8, 4) is 5.69 Å². The maximum Gasteiger partial charge on any atom is 0.259 e. The molecule has 0 unspecified atom stereocenters. The Labute approximate surface area is 172 Å². The Balaban J connectivity index is 1.73. The van der Waals surface area contributed by atoms with Crippen LogP contribution in [0.5, 0.6) is 0 Å². The predicted molar refractivity (Wildman–Crippen MR) is 110 cm³/mol. The predicted octanol–water partition coefficient (Wildman–Crippen LogP) is 4.20. The van der Waals surface area contributed by atoms with Gasteiger partial charge in [-0.2, -0.15) is 5.10 Å². The molecule has 2 aromatic carbocycles. The monoisotopic (exact) mass is 416 g/mol. The lowest BCUT2D eigenvalue weighted by Gasteiger charge is -2.17. The molecule has 144 valence electrons. The SMILES string of the molecule is Cc1nn(-c2ccccc2)c(Cl)c1C(=O)N(C)CC(=O)Nc1ccc(Cl)cc1. The van der Waals surface area contributed by atoms with Gasteiger partial charge in [-0.05, 0) is 43.3 Å². The summed E-state index contributed by atoms with van der Waals surface area (Å²) in [5.41, 5.74) is 2.11. The molecule has 0 saturated heterocycles. The Hall–Kier alpha value is -2.83. The van der Waals surface area contributed by atoms with Crippen molar-refractivity contribution < 1.29 is 9.59 Å². The minimum absolute atomic E-state index is 0.131. The van der Waals surface area contributed by atoms with E-state index in [-0.39, 0.29) is 29.1 Å². The highest BCUT2D eigenvalue weighted by Gasteiger charge is 2.25. The minimum Gasteiger partial charge on any atom is -0.332 e. The lowest BCUT2D eigenvalue weighted by molar-refractivity contribution is -0.116. The molecule has 1 heterocycles. The summed E-state index contributed by atoms with van der Waals surface area (Å²) in [4.78, 5) is 26.4. The molecule has 0 bridgehead atoms. The molecule has 0 aliphatic carbocycles. The third-order valence-electron chi connectivity index (χ3n) is 4.07. The standard InChI is InChI=1S/C20H18Cl2N4O2/c1-13-18(19(22)26(24-13)16-6-4-3-5-7-16)20(28)25(2)12-17(27)23-15-10-8-14(21)9-11-15/h3-11H,12H2,1-2H3,(H,23,27). The first kappa shape index (κ1) is 19.9. The number of hydrogen-bond acceptors (Lipinski definition) is 3. The summed E-state index contributed by atoms with van der Waals surface area (Å²) >= 11 is 12.3. The zero-order chi connectivity index (χ0) is 20.3. The molecule has 1 N–H and O–H groups in total. The van der Waals surface area contributed by atoms with Gasteiger partial charge in [0, 0.05) is 17.8 Å². The fraction of sp³-hybridized carbons (Fsp3) is 0.150. The Bertz CT molecular complexity index is 1000. The van der Waals surface area contributed by atoms with E-state index in [1.807, 2.05) is 30.3 Å². The Morgan fingerprint density at radius 3 is 2.36 bits per heavy atom. The summed E-state index contributed by atoms with van der Waals surface area (Å²) in [7, 11) is 1.54. The number of aromatic nitrogens is 2. The van der Waals surface area contributed by atoms with Gasteiger partial charge in [-0.1, -0.05) is 41.4 Å². The molecule has 0 radical (unpaired) electrons. The van der Waals surface area contributed by atoms with Gasteiger partial charge in [0.05, 0.1) is 23.5 Å². The van der Waals surface area contributed by atoms with E-state index in [1.54, 1.807) is 38.2 Å². The number of aryl methyl sites for hydroxylation is 1. The van der Waals surface area contributed by atoms with Gasteiger partial charge in [-0.3, -0.25) is 9.59 Å². The van der Waals surface area contributed by atoms with Gasteiger partial charge >= 0.3 is 0 Å². The smallest absolute Gasteiger partial charge is 0.259 e. The van der Waals surface area contributed by atoms with Crippen molar-refractivity contribution in [1.29, 1.82) is 0 Å². The fourth-order valence-corrected chi connectivity index (χ4v) is 3.17. The average Bonchev–Trinajstić information content (AvgIpc) is 2.98. The number of anilines is 1. The Kier molecular flexibility index (Phi) is 6.02. The van der Waals surface area contributed by atoms with Crippen molar-refractivity contribution in [2.45, 2.75) is 6.92 Å². The molecule has 0 fully saturated rings. The van der Waals surface area contributed by atoms with Crippen LogP contribution in [-0.4, -0.2) is 40.1 Å².